The molecule has 0 aliphatic carbocycles. The van der Waals surface area contributed by atoms with E-state index in [0.29, 0.717) is 17.7 Å². The number of hydrogen-bond acceptors (Lipinski definition) is 4. The molecule has 1 aromatic rings. The Kier molecular flexibility index (Phi) is 4.10. The van der Waals surface area contributed by atoms with E-state index in [1.165, 1.54) is 0 Å². The molecule has 0 aromatic heterocycles. The highest BCUT2D eigenvalue weighted by Crippen LogP contribution is 2.18. The number of hydrogen-bond donors (Lipinski definition) is 4. The van der Waals surface area contributed by atoms with Gasteiger partial charge in [-0.15, -0.1) is 0 Å². The van der Waals surface area contributed by atoms with Gasteiger partial charge in [0.2, 0.25) is 6.41 Å². The monoisotopic (exact) mass is 235 g/mol. The highest BCUT2D eigenvalue weighted by Gasteiger charge is 2.18. The summed E-state index contributed by atoms with van der Waals surface area (Å²) >= 11 is 0. The Morgan fingerprint density at radius 3 is 2.76 bits per heavy atom. The summed E-state index contributed by atoms with van der Waals surface area (Å²) in [4.78, 5) is 21.3. The number of carboxylic acids is 1. The van der Waals surface area contributed by atoms with Gasteiger partial charge in [0.25, 0.3) is 0 Å². The zero-order valence-electron chi connectivity index (χ0n) is 9.01. The lowest BCUT2D eigenvalue weighted by atomic mass is 10.1. The minimum Gasteiger partial charge on any atom is -0.479 e. The molecule has 0 bridgehead atoms. The Labute approximate surface area is 98.1 Å². The fourth-order valence-electron chi connectivity index (χ4n) is 1.36. The van der Waals surface area contributed by atoms with Crippen molar-refractivity contribution in [2.24, 2.45) is 5.73 Å². The normalized spacial score (nSPS) is 11.3. The van der Waals surface area contributed by atoms with Gasteiger partial charge in [0.15, 0.2) is 6.04 Å². The predicted molar refractivity (Wildman–Crippen MR) is 63.0 cm³/mol. The van der Waals surface area contributed by atoms with Crippen LogP contribution in [0.2, 0.25) is 0 Å². The molecule has 6 nitrogen and oxygen atoms in total. The van der Waals surface area contributed by atoms with E-state index in [-0.39, 0.29) is 5.82 Å². The molecule has 90 valence electrons. The molecule has 1 unspecified atom stereocenters. The van der Waals surface area contributed by atoms with Gasteiger partial charge in [-0.25, -0.2) is 4.79 Å². The summed E-state index contributed by atoms with van der Waals surface area (Å²) in [6.07, 6.45) is 0.348. The summed E-state index contributed by atoms with van der Waals surface area (Å²) in [5.74, 6) is -0.891. The van der Waals surface area contributed by atoms with Gasteiger partial charge in [0.05, 0.1) is 5.82 Å². The summed E-state index contributed by atoms with van der Waals surface area (Å²) in [6, 6.07) is 5.46. The first-order chi connectivity index (χ1) is 8.04. The molecule has 0 aliphatic heterocycles. The number of carbonyl (C=O) groups excluding carboxylic acids is 1. The van der Waals surface area contributed by atoms with E-state index >= 15 is 0 Å². The average Bonchev–Trinajstić information content (AvgIpc) is 2.24. The van der Waals surface area contributed by atoms with Gasteiger partial charge in [-0.3, -0.25) is 4.79 Å². The lowest BCUT2D eigenvalue weighted by Crippen LogP contribution is -2.27. The molecule has 5 N–H and O–H groups in total. The summed E-state index contributed by atoms with van der Waals surface area (Å²) < 4.78 is 0. The maximum atomic E-state index is 10.9. The summed E-state index contributed by atoms with van der Waals surface area (Å²) in [6.45, 7) is 3.47. The molecule has 6 heteroatoms. The van der Waals surface area contributed by atoms with Crippen LogP contribution in [0, 0.1) is 0 Å². The number of rotatable bonds is 6. The molecule has 1 amide bonds. The number of nitrogens with one attached hydrogen (secondary N) is 2. The molecule has 17 heavy (non-hydrogen) atoms. The molecule has 1 rings (SSSR count). The SMILES string of the molecule is C=C(N)Nc1cccc(C(NC=O)C(=O)O)c1. The highest BCUT2D eigenvalue weighted by atomic mass is 16.4. The second-order valence-electron chi connectivity index (χ2n) is 3.33. The molecule has 1 aromatic carbocycles. The number of anilines is 1. The molecule has 0 fully saturated rings. The van der Waals surface area contributed by atoms with Crippen molar-refractivity contribution < 1.29 is 14.7 Å². The van der Waals surface area contributed by atoms with Crippen molar-refractivity contribution in [1.29, 1.82) is 0 Å². The molecule has 0 heterocycles. The Bertz CT molecular complexity index is 445. The van der Waals surface area contributed by atoms with E-state index in [2.05, 4.69) is 17.2 Å². The smallest absolute Gasteiger partial charge is 0.330 e. The third kappa shape index (κ3) is 3.53. The van der Waals surface area contributed by atoms with Crippen LogP contribution in [0.4, 0.5) is 5.69 Å². The van der Waals surface area contributed by atoms with Crippen molar-refractivity contribution in [2.45, 2.75) is 6.04 Å². The van der Waals surface area contributed by atoms with Gasteiger partial charge in [-0.05, 0) is 17.7 Å². The number of nitrogens with two attached hydrogens (primary N) is 1. The second-order valence-corrected chi connectivity index (χ2v) is 3.33. The number of carbonyl (C=O) groups is 2. The van der Waals surface area contributed by atoms with Gasteiger partial charge in [-0.1, -0.05) is 18.7 Å². The minimum absolute atomic E-state index is 0.248. The lowest BCUT2D eigenvalue weighted by molar-refractivity contribution is -0.140. The van der Waals surface area contributed by atoms with Crippen molar-refractivity contribution in [2.75, 3.05) is 5.32 Å². The molecule has 0 spiro atoms. The minimum atomic E-state index is -1.14. The first kappa shape index (κ1) is 12.6. The van der Waals surface area contributed by atoms with E-state index in [4.69, 9.17) is 10.8 Å². The standard InChI is InChI=1S/C11H13N3O3/c1-7(12)14-9-4-2-3-8(5-9)10(11(16)17)13-6-15/h2-6,10,14H,1,12H2,(H,13,15)(H,16,17). The van der Waals surface area contributed by atoms with Crippen LogP contribution < -0.4 is 16.4 Å². The number of aliphatic carboxylic acids is 1. The van der Waals surface area contributed by atoms with Crippen molar-refractivity contribution in [3.8, 4) is 0 Å². The number of carboxylic acid groups (broad SMARTS) is 1. The fraction of sp³-hybridized carbons (Fsp3) is 0.0909. The van der Waals surface area contributed by atoms with Gasteiger partial charge in [0, 0.05) is 5.69 Å². The third-order valence-corrected chi connectivity index (χ3v) is 2.01. The van der Waals surface area contributed by atoms with Gasteiger partial charge < -0.3 is 21.5 Å². The molecule has 0 saturated carbocycles. The molecule has 0 radical (unpaired) electrons. The maximum Gasteiger partial charge on any atom is 0.330 e. The van der Waals surface area contributed by atoms with Crippen LogP contribution in [0.5, 0.6) is 0 Å². The van der Waals surface area contributed by atoms with Gasteiger partial charge in [0.1, 0.15) is 0 Å². The Hall–Kier alpha value is -2.50. The maximum absolute atomic E-state index is 10.9. The van der Waals surface area contributed by atoms with Crippen LogP contribution in [-0.2, 0) is 9.59 Å². The zero-order valence-corrected chi connectivity index (χ0v) is 9.01. The quantitative estimate of drug-likeness (QED) is 0.534. The van der Waals surface area contributed by atoms with Crippen molar-refractivity contribution >= 4 is 18.1 Å². The first-order valence-corrected chi connectivity index (χ1v) is 4.78. The van der Waals surface area contributed by atoms with E-state index < -0.39 is 12.0 Å². The predicted octanol–water partition coefficient (Wildman–Crippen LogP) is 0.400. The van der Waals surface area contributed by atoms with Crippen LogP contribution >= 0.6 is 0 Å². The van der Waals surface area contributed by atoms with Crippen LogP contribution in [0.15, 0.2) is 36.7 Å². The Balaban J connectivity index is 2.99. The third-order valence-electron chi connectivity index (χ3n) is 2.01. The van der Waals surface area contributed by atoms with Crippen LogP contribution in [-0.4, -0.2) is 17.5 Å². The zero-order chi connectivity index (χ0) is 12.8. The van der Waals surface area contributed by atoms with E-state index in [9.17, 15) is 9.59 Å². The summed E-state index contributed by atoms with van der Waals surface area (Å²) in [5, 5.41) is 13.9. The molecule has 1 atom stereocenters. The van der Waals surface area contributed by atoms with Crippen LogP contribution in [0.25, 0.3) is 0 Å². The van der Waals surface area contributed by atoms with E-state index in [1.807, 2.05) is 0 Å². The lowest BCUT2D eigenvalue weighted by Gasteiger charge is -2.13. The summed E-state index contributed by atoms with van der Waals surface area (Å²) in [7, 11) is 0. The molecular formula is C11H13N3O3. The first-order valence-electron chi connectivity index (χ1n) is 4.78. The highest BCUT2D eigenvalue weighted by molar-refractivity contribution is 5.78. The van der Waals surface area contributed by atoms with Crippen LogP contribution in [0.3, 0.4) is 0 Å². The van der Waals surface area contributed by atoms with Crippen molar-refractivity contribution in [1.82, 2.24) is 5.32 Å². The van der Waals surface area contributed by atoms with Crippen molar-refractivity contribution in [3.63, 3.8) is 0 Å². The number of amides is 1. The van der Waals surface area contributed by atoms with E-state index in [1.54, 1.807) is 24.3 Å². The summed E-state index contributed by atoms with van der Waals surface area (Å²) in [5.41, 5.74) is 6.42. The fourth-order valence-corrected chi connectivity index (χ4v) is 1.36. The molecule has 0 aliphatic rings. The van der Waals surface area contributed by atoms with Gasteiger partial charge >= 0.3 is 5.97 Å². The Morgan fingerprint density at radius 2 is 2.24 bits per heavy atom. The molecule has 0 saturated heterocycles. The largest absolute Gasteiger partial charge is 0.479 e. The second kappa shape index (κ2) is 5.55. The van der Waals surface area contributed by atoms with Gasteiger partial charge in [-0.2, -0.15) is 0 Å². The van der Waals surface area contributed by atoms with E-state index in [0.717, 1.165) is 0 Å². The van der Waals surface area contributed by atoms with Crippen LogP contribution in [0.1, 0.15) is 11.6 Å². The molecular weight excluding hydrogens is 222 g/mol. The average molecular weight is 235 g/mol. The van der Waals surface area contributed by atoms with Crippen molar-refractivity contribution in [3.05, 3.63) is 42.2 Å². The topological polar surface area (TPSA) is 104 Å². The number of benzene rings is 1. The Morgan fingerprint density at radius 1 is 1.53 bits per heavy atom.